The fourth-order valence-corrected chi connectivity index (χ4v) is 8.25. The number of nitrogen functional groups attached to an aromatic ring is 3. The zero-order valence-corrected chi connectivity index (χ0v) is 47.2. The first kappa shape index (κ1) is 58.0. The van der Waals surface area contributed by atoms with Crippen molar-refractivity contribution >= 4 is 114 Å². The Labute approximate surface area is 480 Å². The van der Waals surface area contributed by atoms with Crippen molar-refractivity contribution in [1.29, 1.82) is 0 Å². The van der Waals surface area contributed by atoms with Crippen molar-refractivity contribution in [3.8, 4) is 33.9 Å². The molecular weight excluding hydrogens is 1150 g/mol. The standard InChI is InChI=1S/C18H13FN6.C12H8ClN5.C11H15BClNO2.C7H5ClN4.C6H5BrFN/c1-10-12(19)4-5-15(24-10)16-11(3-2-8-21-16)13-6-7-14-17(25-13)18(20)23-9-22-14;13-11-7(2-1-5-15-11)8-3-4-9-10(18-8)12(14)17-6-16-9;1-10(2)11(3,4)16-12(15-10)8-6-5-7-14-9(8)13;8-5-2-1-4-6(12-5)7(9)11-3-10-4;1-4-5(8)2-3-6(7)9-4/h2-9H,1H3,(H2,20,22,23);1-6H,(H2,14,16,17);5-7H,1-4H3;1-3H,(H2,9,10,11);2-3H,1H3. The Morgan fingerprint density at radius 1 is 0.475 bits per heavy atom. The molecule has 19 nitrogen and oxygen atoms in total. The SMILES string of the molecule is CC1(C)OB(c2cccnc2Cl)OC1(C)C.Cc1nc(-c2ncccc2-c2ccc3ncnc(N)c3n2)ccc1F.Cc1nc(Br)ccc1F.Nc1ncnc2ccc(-c3cccnc3Cl)nc12.Nc1ncnc2ccc(Cl)nc12. The van der Waals surface area contributed by atoms with Crippen molar-refractivity contribution in [3.63, 3.8) is 0 Å². The zero-order chi connectivity index (χ0) is 57.3. The molecule has 0 bridgehead atoms. The van der Waals surface area contributed by atoms with Crippen LogP contribution in [0.5, 0.6) is 0 Å². The maximum atomic E-state index is 13.5. The molecule has 0 radical (unpaired) electrons. The molecule has 26 heteroatoms. The molecule has 1 fully saturated rings. The second-order valence-electron chi connectivity index (χ2n) is 18.1. The summed E-state index contributed by atoms with van der Waals surface area (Å²) in [6.07, 6.45) is 9.15. The first-order valence-corrected chi connectivity index (χ1v) is 25.8. The third-order valence-electron chi connectivity index (χ3n) is 12.2. The van der Waals surface area contributed by atoms with Gasteiger partial charge in [0.2, 0.25) is 0 Å². The highest BCUT2D eigenvalue weighted by Crippen LogP contribution is 2.37. The third-order valence-corrected chi connectivity index (χ3v) is 13.4. The van der Waals surface area contributed by atoms with Gasteiger partial charge < -0.3 is 26.5 Å². The van der Waals surface area contributed by atoms with E-state index in [1.807, 2.05) is 82.3 Å². The van der Waals surface area contributed by atoms with Crippen LogP contribution in [0.4, 0.5) is 26.2 Å². The largest absolute Gasteiger partial charge is 0.498 e. The van der Waals surface area contributed by atoms with Crippen LogP contribution in [0.2, 0.25) is 15.5 Å². The van der Waals surface area contributed by atoms with Crippen LogP contribution in [-0.4, -0.2) is 88.1 Å². The van der Waals surface area contributed by atoms with Gasteiger partial charge >= 0.3 is 7.12 Å². The maximum Gasteiger partial charge on any atom is 0.498 e. The van der Waals surface area contributed by atoms with E-state index in [-0.39, 0.29) is 22.8 Å². The summed E-state index contributed by atoms with van der Waals surface area (Å²) in [6, 6.07) is 27.7. The van der Waals surface area contributed by atoms with Crippen molar-refractivity contribution in [1.82, 2.24) is 69.8 Å². The van der Waals surface area contributed by atoms with E-state index < -0.39 is 7.12 Å². The van der Waals surface area contributed by atoms with Crippen LogP contribution in [0.15, 0.2) is 139 Å². The summed E-state index contributed by atoms with van der Waals surface area (Å²) in [5.74, 6) is 0.394. The van der Waals surface area contributed by atoms with E-state index in [1.54, 1.807) is 62.8 Å². The lowest BCUT2D eigenvalue weighted by atomic mass is 9.80. The number of aromatic nitrogens is 14. The number of rotatable bonds is 4. The number of anilines is 3. The van der Waals surface area contributed by atoms with Crippen LogP contribution >= 0.6 is 50.7 Å². The van der Waals surface area contributed by atoms with Gasteiger partial charge in [-0.2, -0.15) is 0 Å². The van der Waals surface area contributed by atoms with E-state index in [4.69, 9.17) is 61.3 Å². The predicted molar refractivity (Wildman–Crippen MR) is 311 cm³/mol. The number of fused-ring (bicyclic) bond motifs is 3. The summed E-state index contributed by atoms with van der Waals surface area (Å²) in [6.45, 7) is 11.3. The van der Waals surface area contributed by atoms with E-state index >= 15 is 0 Å². The first-order chi connectivity index (χ1) is 38.2. The summed E-state index contributed by atoms with van der Waals surface area (Å²) in [7, 11) is -0.439. The second-order valence-corrected chi connectivity index (χ2v) is 20.0. The minimum Gasteiger partial charge on any atom is -0.399 e. The molecule has 0 atom stereocenters. The summed E-state index contributed by atoms with van der Waals surface area (Å²) < 4.78 is 38.4. The number of nitrogens with zero attached hydrogens (tertiary/aromatic N) is 14. The minimum atomic E-state index is -0.439. The molecule has 404 valence electrons. The predicted octanol–water partition coefficient (Wildman–Crippen LogP) is 11.1. The van der Waals surface area contributed by atoms with Crippen molar-refractivity contribution < 1.29 is 18.1 Å². The van der Waals surface area contributed by atoms with E-state index in [1.165, 1.54) is 31.1 Å². The first-order valence-electron chi connectivity index (χ1n) is 23.9. The number of hydrogen-bond acceptors (Lipinski definition) is 19. The minimum absolute atomic E-state index is 0.266. The maximum absolute atomic E-state index is 13.5. The van der Waals surface area contributed by atoms with Gasteiger partial charge in [0.1, 0.15) is 67.2 Å². The highest BCUT2D eigenvalue weighted by atomic mass is 79.9. The molecule has 1 saturated heterocycles. The molecule has 6 N–H and O–H groups in total. The number of aryl methyl sites for hydroxylation is 2. The number of halogens is 6. The van der Waals surface area contributed by atoms with Crippen molar-refractivity contribution in [2.24, 2.45) is 0 Å². The van der Waals surface area contributed by atoms with Crippen LogP contribution in [-0.2, 0) is 9.31 Å². The average molecular weight is 1200 g/mol. The Morgan fingerprint density at radius 3 is 1.44 bits per heavy atom. The monoisotopic (exact) mass is 1200 g/mol. The second kappa shape index (κ2) is 25.3. The Kier molecular flexibility index (Phi) is 18.3. The molecular formula is C54H46BBrCl3F2N17O2. The van der Waals surface area contributed by atoms with Crippen LogP contribution in [0, 0.1) is 25.5 Å². The smallest absolute Gasteiger partial charge is 0.399 e. The summed E-state index contributed by atoms with van der Waals surface area (Å²) in [5, 5.41) is 1.23. The molecule has 11 aromatic rings. The molecule has 1 aliphatic heterocycles. The van der Waals surface area contributed by atoms with Gasteiger partial charge in [0.05, 0.1) is 61.9 Å². The number of hydrogen-bond donors (Lipinski definition) is 3. The molecule has 0 unspecified atom stereocenters. The lowest BCUT2D eigenvalue weighted by Crippen LogP contribution is -2.41. The van der Waals surface area contributed by atoms with Gasteiger partial charge in [-0.1, -0.05) is 40.9 Å². The zero-order valence-electron chi connectivity index (χ0n) is 43.4. The van der Waals surface area contributed by atoms with Crippen molar-refractivity contribution in [2.75, 3.05) is 17.2 Å². The molecule has 0 aromatic carbocycles. The van der Waals surface area contributed by atoms with Gasteiger partial charge in [-0.3, -0.25) is 4.98 Å². The van der Waals surface area contributed by atoms with Crippen molar-refractivity contribution in [2.45, 2.75) is 52.7 Å². The fourth-order valence-electron chi connectivity index (χ4n) is 7.28. The lowest BCUT2D eigenvalue weighted by Gasteiger charge is -2.32. The molecule has 0 saturated carbocycles. The fraction of sp³-hybridized carbons (Fsp3) is 0.148. The van der Waals surface area contributed by atoms with E-state index in [2.05, 4.69) is 85.7 Å². The third kappa shape index (κ3) is 13.8. The Hall–Kier alpha value is -8.19. The van der Waals surface area contributed by atoms with Gasteiger partial charge in [0.25, 0.3) is 0 Å². The number of pyridine rings is 8. The summed E-state index contributed by atoms with van der Waals surface area (Å²) in [5.41, 5.74) is 25.8. The van der Waals surface area contributed by atoms with Crippen LogP contribution in [0.1, 0.15) is 39.1 Å². The molecule has 11 aromatic heterocycles. The van der Waals surface area contributed by atoms with Crippen LogP contribution in [0.25, 0.3) is 67.0 Å². The highest BCUT2D eigenvalue weighted by Gasteiger charge is 2.52. The Bertz CT molecular complexity index is 4010. The molecule has 12 rings (SSSR count). The molecule has 80 heavy (non-hydrogen) atoms. The van der Waals surface area contributed by atoms with Crippen LogP contribution in [0.3, 0.4) is 0 Å². The van der Waals surface area contributed by atoms with Crippen molar-refractivity contribution in [3.05, 3.63) is 178 Å². The summed E-state index contributed by atoms with van der Waals surface area (Å²) >= 11 is 20.8. The molecule has 1 aliphatic rings. The highest BCUT2D eigenvalue weighted by molar-refractivity contribution is 9.10. The lowest BCUT2D eigenvalue weighted by molar-refractivity contribution is 0.00578. The van der Waals surface area contributed by atoms with Gasteiger partial charge in [-0.25, -0.2) is 73.6 Å². The number of nitrogens with two attached hydrogens (primary N) is 3. The summed E-state index contributed by atoms with van der Waals surface area (Å²) in [4.78, 5) is 57.5. The van der Waals surface area contributed by atoms with E-state index in [9.17, 15) is 8.78 Å². The Balaban J connectivity index is 0.000000137. The quantitative estimate of drug-likeness (QED) is 0.109. The van der Waals surface area contributed by atoms with Gasteiger partial charge in [-0.15, -0.1) is 0 Å². The molecule has 0 aliphatic carbocycles. The average Bonchev–Trinajstić information content (AvgIpc) is 3.76. The van der Waals surface area contributed by atoms with Crippen LogP contribution < -0.4 is 22.7 Å². The van der Waals surface area contributed by atoms with E-state index in [0.29, 0.717) is 105 Å². The molecule has 0 spiro atoms. The topological polar surface area (TPSA) is 277 Å². The Morgan fingerprint density at radius 2 is 0.925 bits per heavy atom. The van der Waals surface area contributed by atoms with Gasteiger partial charge in [0.15, 0.2) is 17.5 Å². The molecule has 12 heterocycles. The van der Waals surface area contributed by atoms with Gasteiger partial charge in [-0.05, 0) is 148 Å². The van der Waals surface area contributed by atoms with E-state index in [0.717, 1.165) is 16.6 Å². The van der Waals surface area contributed by atoms with Gasteiger partial charge in [0, 0.05) is 35.2 Å². The molecule has 0 amide bonds. The normalized spacial score (nSPS) is 13.0.